The van der Waals surface area contributed by atoms with E-state index in [1.807, 2.05) is 24.3 Å². The van der Waals surface area contributed by atoms with Crippen molar-refractivity contribution in [2.24, 2.45) is 0 Å². The van der Waals surface area contributed by atoms with Crippen molar-refractivity contribution in [3.8, 4) is 17.4 Å². The van der Waals surface area contributed by atoms with Gasteiger partial charge >= 0.3 is 16.8 Å². The molecule has 1 unspecified atom stereocenters. The molecule has 180 valence electrons. The van der Waals surface area contributed by atoms with Crippen LogP contribution in [0.3, 0.4) is 0 Å². The summed E-state index contributed by atoms with van der Waals surface area (Å²) >= 11 is 0.867. The number of hydrogen-bond acceptors (Lipinski definition) is 7. The Kier molecular flexibility index (Phi) is 8.31. The Labute approximate surface area is 199 Å². The molecule has 0 aliphatic heterocycles. The quantitative estimate of drug-likeness (QED) is 0.304. The second-order valence-electron chi connectivity index (χ2n) is 7.61. The summed E-state index contributed by atoms with van der Waals surface area (Å²) in [5, 5.41) is 28.7. The standard InChI is InChI=1S/C24H25NO8S/c1-32-16-5-2-14(3-6-16)10-11-33-19-8-4-15(13-20-22(28)25-24(31)34-20)12-18(19)17(23(29)30)7-9-21(26)27/h2-6,8,12,17,28H,7,9-11,13H2,1H3,(H,25,31)(H,26,27)(H,29,30). The maximum absolute atomic E-state index is 12.0. The van der Waals surface area contributed by atoms with Crippen LogP contribution in [0.5, 0.6) is 17.4 Å². The SMILES string of the molecule is COc1ccc(CCOc2ccc(Cc3sc(=O)[nH]c3O)cc2C(CCC(=O)O)C(=O)O)cc1. The summed E-state index contributed by atoms with van der Waals surface area (Å²) in [4.78, 5) is 36.9. The molecule has 0 saturated carbocycles. The topological polar surface area (TPSA) is 146 Å². The number of H-pyrrole nitrogens is 1. The van der Waals surface area contributed by atoms with Gasteiger partial charge in [-0.2, -0.15) is 0 Å². The maximum Gasteiger partial charge on any atom is 0.311 e. The van der Waals surface area contributed by atoms with E-state index in [0.717, 1.165) is 22.6 Å². The Hall–Kier alpha value is -3.79. The number of carboxylic acids is 2. The predicted octanol–water partition coefficient (Wildman–Crippen LogP) is 3.40. The van der Waals surface area contributed by atoms with Crippen molar-refractivity contribution in [3.63, 3.8) is 0 Å². The monoisotopic (exact) mass is 487 g/mol. The highest BCUT2D eigenvalue weighted by Crippen LogP contribution is 2.33. The summed E-state index contributed by atoms with van der Waals surface area (Å²) in [5.74, 6) is -2.48. The molecule has 0 radical (unpaired) electrons. The summed E-state index contributed by atoms with van der Waals surface area (Å²) < 4.78 is 11.1. The number of aliphatic carboxylic acids is 2. The molecule has 3 aromatic rings. The Morgan fingerprint density at radius 3 is 2.38 bits per heavy atom. The molecule has 4 N–H and O–H groups in total. The zero-order valence-corrected chi connectivity index (χ0v) is 19.3. The molecule has 1 heterocycles. The van der Waals surface area contributed by atoms with Gasteiger partial charge in [-0.05, 0) is 35.7 Å². The number of ether oxygens (including phenoxy) is 2. The van der Waals surface area contributed by atoms with Crippen molar-refractivity contribution in [1.29, 1.82) is 0 Å². The fourth-order valence-corrected chi connectivity index (χ4v) is 4.28. The first-order chi connectivity index (χ1) is 16.3. The van der Waals surface area contributed by atoms with Gasteiger partial charge in [-0.25, -0.2) is 0 Å². The highest BCUT2D eigenvalue weighted by atomic mass is 32.1. The van der Waals surface area contributed by atoms with Crippen LogP contribution in [-0.2, 0) is 22.4 Å². The smallest absolute Gasteiger partial charge is 0.311 e. The first-order valence-electron chi connectivity index (χ1n) is 10.5. The van der Waals surface area contributed by atoms with Crippen LogP contribution in [0, 0.1) is 0 Å². The van der Waals surface area contributed by atoms with Gasteiger partial charge in [-0.3, -0.25) is 19.4 Å². The van der Waals surface area contributed by atoms with Gasteiger partial charge in [0.15, 0.2) is 0 Å². The van der Waals surface area contributed by atoms with E-state index in [1.165, 1.54) is 0 Å². The van der Waals surface area contributed by atoms with Crippen LogP contribution < -0.4 is 14.3 Å². The summed E-state index contributed by atoms with van der Waals surface area (Å²) in [6.45, 7) is 0.282. The lowest BCUT2D eigenvalue weighted by atomic mass is 9.91. The molecule has 1 aromatic heterocycles. The molecule has 0 fully saturated rings. The van der Waals surface area contributed by atoms with Crippen molar-refractivity contribution in [3.05, 3.63) is 73.7 Å². The average molecular weight is 488 g/mol. The minimum atomic E-state index is -1.16. The second kappa shape index (κ2) is 11.4. The number of carbonyl (C=O) groups is 2. The summed E-state index contributed by atoms with van der Waals surface area (Å²) in [6, 6.07) is 12.5. The number of carboxylic acid groups (broad SMARTS) is 2. The van der Waals surface area contributed by atoms with E-state index in [2.05, 4.69) is 4.98 Å². The van der Waals surface area contributed by atoms with E-state index in [-0.39, 0.29) is 31.7 Å². The largest absolute Gasteiger partial charge is 0.497 e. The molecular formula is C24H25NO8S. The maximum atomic E-state index is 12.0. The van der Waals surface area contributed by atoms with E-state index in [4.69, 9.17) is 14.6 Å². The lowest BCUT2D eigenvalue weighted by Crippen LogP contribution is -2.16. The van der Waals surface area contributed by atoms with Crippen molar-refractivity contribution in [2.75, 3.05) is 13.7 Å². The zero-order valence-electron chi connectivity index (χ0n) is 18.4. The number of aromatic amines is 1. The molecule has 0 amide bonds. The van der Waals surface area contributed by atoms with Crippen molar-refractivity contribution < 1.29 is 34.4 Å². The van der Waals surface area contributed by atoms with Crippen LogP contribution in [-0.4, -0.2) is 46.0 Å². The van der Waals surface area contributed by atoms with Gasteiger partial charge in [0, 0.05) is 24.8 Å². The van der Waals surface area contributed by atoms with E-state index in [1.54, 1.807) is 25.3 Å². The number of methoxy groups -OCH3 is 1. The molecule has 2 aromatic carbocycles. The van der Waals surface area contributed by atoms with Crippen molar-refractivity contribution in [1.82, 2.24) is 4.98 Å². The van der Waals surface area contributed by atoms with Crippen LogP contribution in [0.1, 0.15) is 40.3 Å². The van der Waals surface area contributed by atoms with Gasteiger partial charge in [0.05, 0.1) is 24.5 Å². The Morgan fingerprint density at radius 2 is 1.79 bits per heavy atom. The molecule has 0 saturated heterocycles. The van der Waals surface area contributed by atoms with Gasteiger partial charge in [0.25, 0.3) is 0 Å². The lowest BCUT2D eigenvalue weighted by Gasteiger charge is -2.18. The Bertz CT molecular complexity index is 1200. The van der Waals surface area contributed by atoms with Crippen LogP contribution in [0.2, 0.25) is 0 Å². The lowest BCUT2D eigenvalue weighted by molar-refractivity contribution is -0.140. The minimum absolute atomic E-state index is 0.105. The summed E-state index contributed by atoms with van der Waals surface area (Å²) in [7, 11) is 1.59. The first-order valence-corrected chi connectivity index (χ1v) is 11.3. The van der Waals surface area contributed by atoms with Crippen molar-refractivity contribution >= 4 is 23.3 Å². The molecule has 3 rings (SSSR count). The number of aromatic nitrogens is 1. The van der Waals surface area contributed by atoms with Gasteiger partial charge in [-0.15, -0.1) is 0 Å². The van der Waals surface area contributed by atoms with E-state index in [0.29, 0.717) is 28.2 Å². The molecular weight excluding hydrogens is 462 g/mol. The van der Waals surface area contributed by atoms with E-state index >= 15 is 0 Å². The zero-order chi connectivity index (χ0) is 24.7. The third-order valence-electron chi connectivity index (χ3n) is 5.27. The molecule has 34 heavy (non-hydrogen) atoms. The van der Waals surface area contributed by atoms with E-state index < -0.39 is 22.7 Å². The van der Waals surface area contributed by atoms with Crippen LogP contribution in [0.15, 0.2) is 47.3 Å². The molecule has 0 spiro atoms. The molecule has 0 aliphatic carbocycles. The molecule has 0 bridgehead atoms. The predicted molar refractivity (Wildman–Crippen MR) is 125 cm³/mol. The number of aromatic hydroxyl groups is 1. The normalized spacial score (nSPS) is 11.7. The van der Waals surface area contributed by atoms with Crippen LogP contribution in [0.4, 0.5) is 0 Å². The minimum Gasteiger partial charge on any atom is -0.497 e. The Balaban J connectivity index is 1.84. The highest BCUT2D eigenvalue weighted by Gasteiger charge is 2.25. The molecule has 1 atom stereocenters. The molecule has 9 nitrogen and oxygen atoms in total. The number of rotatable bonds is 12. The fraction of sp³-hybridized carbons (Fsp3) is 0.292. The van der Waals surface area contributed by atoms with Crippen LogP contribution >= 0.6 is 11.3 Å². The summed E-state index contributed by atoms with van der Waals surface area (Å²) in [6.07, 6.45) is 0.362. The van der Waals surface area contributed by atoms with Crippen LogP contribution in [0.25, 0.3) is 0 Å². The number of benzene rings is 2. The number of thiazole rings is 1. The summed E-state index contributed by atoms with van der Waals surface area (Å²) in [5.41, 5.74) is 2.02. The second-order valence-corrected chi connectivity index (χ2v) is 8.67. The van der Waals surface area contributed by atoms with Gasteiger partial charge in [0.1, 0.15) is 11.5 Å². The molecule has 10 heteroatoms. The fourth-order valence-electron chi connectivity index (χ4n) is 3.52. The highest BCUT2D eigenvalue weighted by molar-refractivity contribution is 7.09. The van der Waals surface area contributed by atoms with Gasteiger partial charge in [0.2, 0.25) is 5.88 Å². The Morgan fingerprint density at radius 1 is 1.09 bits per heavy atom. The third kappa shape index (κ3) is 6.61. The van der Waals surface area contributed by atoms with Crippen molar-refractivity contribution in [2.45, 2.75) is 31.6 Å². The number of hydrogen-bond donors (Lipinski definition) is 4. The third-order valence-corrected chi connectivity index (χ3v) is 6.14. The number of nitrogens with one attached hydrogen (secondary N) is 1. The molecule has 0 aliphatic rings. The van der Waals surface area contributed by atoms with E-state index in [9.17, 15) is 24.6 Å². The van der Waals surface area contributed by atoms with Gasteiger partial charge < -0.3 is 24.8 Å². The first kappa shape index (κ1) is 24.8. The average Bonchev–Trinajstić information content (AvgIpc) is 3.11. The van der Waals surface area contributed by atoms with Gasteiger partial charge in [-0.1, -0.05) is 35.6 Å².